The monoisotopic (exact) mass is 618 g/mol. The molecule has 2 aromatic rings. The van der Waals surface area contributed by atoms with Crippen LogP contribution in [-0.2, 0) is 33.5 Å². The van der Waals surface area contributed by atoms with Gasteiger partial charge in [0.05, 0.1) is 12.0 Å². The maximum atomic E-state index is 14.0. The number of anilines is 1. The molecule has 0 radical (unpaired) electrons. The Morgan fingerprint density at radius 2 is 1.75 bits per heavy atom. The summed E-state index contributed by atoms with van der Waals surface area (Å²) in [5, 5.41) is 9.76. The minimum Gasteiger partial charge on any atom is -0.489 e. The lowest BCUT2D eigenvalue weighted by atomic mass is 9.81. The number of likely N-dealkylation sites (N-methyl/N-ethyl adjacent to an activating group) is 1. The minimum absolute atomic E-state index is 0.0480. The molecule has 240 valence electrons. The second kappa shape index (κ2) is 13.1. The molecule has 1 fully saturated rings. The van der Waals surface area contributed by atoms with E-state index < -0.39 is 47.8 Å². The van der Waals surface area contributed by atoms with Gasteiger partial charge in [-0.2, -0.15) is 13.2 Å². The van der Waals surface area contributed by atoms with Crippen LogP contribution in [0.25, 0.3) is 0 Å². The Morgan fingerprint density at radius 1 is 1.07 bits per heavy atom. The summed E-state index contributed by atoms with van der Waals surface area (Å²) in [4.78, 5) is 40.1. The van der Waals surface area contributed by atoms with E-state index in [0.717, 1.165) is 48.1 Å². The molecule has 8 nitrogen and oxygen atoms in total. The molecule has 1 saturated carbocycles. The number of ether oxygens (including phenoxy) is 2. The predicted molar refractivity (Wildman–Crippen MR) is 159 cm³/mol. The highest BCUT2D eigenvalue weighted by Crippen LogP contribution is 2.41. The fraction of sp³-hybridized carbons (Fsp3) is 0.545. The first-order chi connectivity index (χ1) is 20.6. The van der Waals surface area contributed by atoms with E-state index in [1.165, 1.54) is 18.0 Å². The Labute approximate surface area is 256 Å². The van der Waals surface area contributed by atoms with Gasteiger partial charge in [0.25, 0.3) is 0 Å². The van der Waals surface area contributed by atoms with Gasteiger partial charge in [-0.3, -0.25) is 9.69 Å². The zero-order valence-electron chi connectivity index (χ0n) is 25.9. The number of alkyl halides is 3. The van der Waals surface area contributed by atoms with Gasteiger partial charge in [-0.1, -0.05) is 31.4 Å². The van der Waals surface area contributed by atoms with Gasteiger partial charge in [0, 0.05) is 19.3 Å². The van der Waals surface area contributed by atoms with Crippen LogP contribution in [0.5, 0.6) is 5.75 Å². The van der Waals surface area contributed by atoms with Gasteiger partial charge in [0.2, 0.25) is 5.91 Å². The molecule has 0 bridgehead atoms. The van der Waals surface area contributed by atoms with Gasteiger partial charge in [-0.15, -0.1) is 0 Å². The molecule has 2 aromatic carbocycles. The lowest BCUT2D eigenvalue weighted by Crippen LogP contribution is -2.47. The Kier molecular flexibility index (Phi) is 9.85. The topological polar surface area (TPSA) is 96.4 Å². The highest BCUT2D eigenvalue weighted by atomic mass is 19.4. The van der Waals surface area contributed by atoms with Crippen molar-refractivity contribution in [3.05, 3.63) is 58.1 Å². The summed E-state index contributed by atoms with van der Waals surface area (Å²) in [5.41, 5.74) is 1.56. The Bertz CT molecular complexity index is 1400. The molecule has 1 aliphatic carbocycles. The van der Waals surface area contributed by atoms with Crippen molar-refractivity contribution in [2.24, 2.45) is 0 Å². The first-order valence-electron chi connectivity index (χ1n) is 15.0. The van der Waals surface area contributed by atoms with Gasteiger partial charge < -0.3 is 19.5 Å². The number of amides is 2. The highest BCUT2D eigenvalue weighted by Gasteiger charge is 2.37. The molecule has 1 atom stereocenters. The number of carbonyl (C=O) groups is 3. The zero-order valence-corrected chi connectivity index (χ0v) is 25.9. The summed E-state index contributed by atoms with van der Waals surface area (Å²) in [7, 11) is 1.28. The van der Waals surface area contributed by atoms with Crippen molar-refractivity contribution < 1.29 is 42.1 Å². The average molecular weight is 619 g/mol. The normalized spacial score (nSPS) is 16.3. The number of fused-ring (bicyclic) bond motifs is 1. The van der Waals surface area contributed by atoms with E-state index in [2.05, 4.69) is 0 Å². The third kappa shape index (κ3) is 7.65. The fourth-order valence-corrected chi connectivity index (χ4v) is 6.05. The van der Waals surface area contributed by atoms with Crippen LogP contribution >= 0.6 is 0 Å². The van der Waals surface area contributed by atoms with Gasteiger partial charge in [-0.25, -0.2) is 9.59 Å². The van der Waals surface area contributed by atoms with E-state index in [9.17, 15) is 32.7 Å². The van der Waals surface area contributed by atoms with E-state index in [-0.39, 0.29) is 12.5 Å². The molecule has 11 heteroatoms. The van der Waals surface area contributed by atoms with Crippen LogP contribution in [0.2, 0.25) is 0 Å². The summed E-state index contributed by atoms with van der Waals surface area (Å²) in [6.07, 6.45) is -0.767. The lowest BCUT2D eigenvalue weighted by Gasteiger charge is -2.29. The van der Waals surface area contributed by atoms with Gasteiger partial charge in [-0.05, 0) is 93.3 Å². The van der Waals surface area contributed by atoms with Crippen LogP contribution in [0, 0.1) is 6.92 Å². The number of benzene rings is 2. The summed E-state index contributed by atoms with van der Waals surface area (Å²) < 4.78 is 53.3. The summed E-state index contributed by atoms with van der Waals surface area (Å²) in [5.74, 6) is -1.37. The molecule has 44 heavy (non-hydrogen) atoms. The number of halogens is 3. The first kappa shape index (κ1) is 33.1. The third-order valence-electron chi connectivity index (χ3n) is 8.37. The van der Waals surface area contributed by atoms with Crippen molar-refractivity contribution in [1.29, 1.82) is 0 Å². The lowest BCUT2D eigenvalue weighted by molar-refractivity contribution is -0.144. The third-order valence-corrected chi connectivity index (χ3v) is 8.37. The van der Waals surface area contributed by atoms with Crippen LogP contribution in [0.4, 0.5) is 23.7 Å². The maximum Gasteiger partial charge on any atom is 0.416 e. The second-order valence-corrected chi connectivity index (χ2v) is 12.7. The summed E-state index contributed by atoms with van der Waals surface area (Å²) in [6.45, 7) is 7.08. The number of carboxylic acids is 1. The van der Waals surface area contributed by atoms with E-state index in [4.69, 9.17) is 9.47 Å². The van der Waals surface area contributed by atoms with Crippen molar-refractivity contribution in [2.45, 2.75) is 103 Å². The average Bonchev–Trinajstić information content (AvgIpc) is 3.39. The van der Waals surface area contributed by atoms with Crippen LogP contribution < -0.4 is 9.64 Å². The van der Waals surface area contributed by atoms with Crippen LogP contribution in [0.15, 0.2) is 30.3 Å². The molecular formula is C33H41F3N2O6. The second-order valence-electron chi connectivity index (χ2n) is 12.7. The number of hydrogen-bond donors (Lipinski definition) is 1. The number of hydrogen-bond acceptors (Lipinski definition) is 5. The molecule has 2 amide bonds. The van der Waals surface area contributed by atoms with Crippen LogP contribution in [0.3, 0.4) is 0 Å². The van der Waals surface area contributed by atoms with E-state index in [1.807, 2.05) is 6.92 Å². The van der Waals surface area contributed by atoms with Gasteiger partial charge in [0.1, 0.15) is 24.0 Å². The Balaban J connectivity index is 1.46. The molecule has 2 aliphatic rings. The number of carboxylic acid groups (broad SMARTS) is 1. The largest absolute Gasteiger partial charge is 0.489 e. The van der Waals surface area contributed by atoms with Crippen LogP contribution in [-0.4, -0.2) is 53.2 Å². The van der Waals surface area contributed by atoms with Gasteiger partial charge in [0.15, 0.2) is 0 Å². The quantitative estimate of drug-likeness (QED) is 0.335. The van der Waals surface area contributed by atoms with Gasteiger partial charge >= 0.3 is 18.2 Å². The molecular weight excluding hydrogens is 577 g/mol. The maximum absolute atomic E-state index is 14.0. The number of carbonyl (C=O) groups excluding carboxylic acids is 2. The number of rotatable bonds is 8. The molecule has 1 heterocycles. The standard InChI is InChI=1S/C33H41F3N2O6/c1-20-23-15-16-38(29(39)18-27(30(40)41)37(5)31(42)44-32(2,3)4)26(23)13-14-28(20)43-19-21-11-12-24(22-9-7-6-8-10-22)25(17-21)33(34,35)36/h11-14,17,22,27H,6-10,15-16,18-19H2,1-5H3,(H,40,41). The van der Waals surface area contributed by atoms with E-state index in [0.29, 0.717) is 35.5 Å². The summed E-state index contributed by atoms with van der Waals surface area (Å²) >= 11 is 0. The minimum atomic E-state index is -4.45. The van der Waals surface area contributed by atoms with Crippen molar-refractivity contribution in [2.75, 3.05) is 18.5 Å². The van der Waals surface area contributed by atoms with Crippen molar-refractivity contribution in [3.8, 4) is 5.75 Å². The SMILES string of the molecule is Cc1c(OCc2ccc(C3CCCCC3)c(C(F)(F)F)c2)ccc2c1CCN2C(=O)CC(C(=O)O)N(C)C(=O)OC(C)(C)C. The van der Waals surface area contributed by atoms with Crippen molar-refractivity contribution in [3.63, 3.8) is 0 Å². The van der Waals surface area contributed by atoms with Crippen molar-refractivity contribution in [1.82, 2.24) is 4.90 Å². The molecule has 4 rings (SSSR count). The predicted octanol–water partition coefficient (Wildman–Crippen LogP) is 7.24. The molecule has 1 N–H and O–H groups in total. The molecule has 0 saturated heterocycles. The highest BCUT2D eigenvalue weighted by molar-refractivity contribution is 5.98. The molecule has 1 aliphatic heterocycles. The van der Waals surface area contributed by atoms with E-state index in [1.54, 1.807) is 45.0 Å². The van der Waals surface area contributed by atoms with E-state index >= 15 is 0 Å². The first-order valence-corrected chi connectivity index (χ1v) is 15.0. The Hall–Kier alpha value is -3.76. The smallest absolute Gasteiger partial charge is 0.416 e. The fourth-order valence-electron chi connectivity index (χ4n) is 6.05. The molecule has 0 aromatic heterocycles. The Morgan fingerprint density at radius 3 is 2.36 bits per heavy atom. The zero-order chi connectivity index (χ0) is 32.4. The molecule has 0 spiro atoms. The number of nitrogens with zero attached hydrogens (tertiary/aromatic N) is 2. The summed E-state index contributed by atoms with van der Waals surface area (Å²) in [6, 6.07) is 6.44. The number of aliphatic carboxylic acids is 1. The molecule has 1 unspecified atom stereocenters. The van der Waals surface area contributed by atoms with Crippen LogP contribution in [0.1, 0.15) is 93.0 Å². The van der Waals surface area contributed by atoms with Crippen molar-refractivity contribution >= 4 is 23.7 Å².